The maximum absolute atomic E-state index is 11.4. The highest BCUT2D eigenvalue weighted by Gasteiger charge is 2.18. The molecule has 0 aliphatic heterocycles. The Morgan fingerprint density at radius 2 is 2.12 bits per heavy atom. The lowest BCUT2D eigenvalue weighted by atomic mass is 10.1. The lowest BCUT2D eigenvalue weighted by Gasteiger charge is -2.15. The first-order valence-electron chi connectivity index (χ1n) is 5.36. The van der Waals surface area contributed by atoms with Gasteiger partial charge in [-0.3, -0.25) is 9.79 Å². The largest absolute Gasteiger partial charge is 0.453 e. The van der Waals surface area contributed by atoms with Gasteiger partial charge in [0.1, 0.15) is 6.34 Å². The zero-order valence-corrected chi connectivity index (χ0v) is 10.7. The van der Waals surface area contributed by atoms with Crippen molar-refractivity contribution < 1.29 is 14.3 Å². The van der Waals surface area contributed by atoms with Crippen molar-refractivity contribution in [2.75, 3.05) is 14.2 Å². The molecule has 0 rings (SSSR count). The average molecular weight is 241 g/mol. The minimum Gasteiger partial charge on any atom is -0.453 e. The molecule has 0 aromatic carbocycles. The van der Waals surface area contributed by atoms with E-state index in [0.717, 1.165) is 5.71 Å². The molecule has 6 heteroatoms. The fraction of sp³-hybridized carbons (Fsp3) is 0.636. The summed E-state index contributed by atoms with van der Waals surface area (Å²) < 4.78 is 4.46. The molecular weight excluding hydrogens is 222 g/mol. The molecule has 0 bridgehead atoms. The molecule has 0 aromatic heterocycles. The van der Waals surface area contributed by atoms with Gasteiger partial charge in [0.25, 0.3) is 0 Å². The van der Waals surface area contributed by atoms with Gasteiger partial charge in [-0.25, -0.2) is 9.79 Å². The van der Waals surface area contributed by atoms with E-state index >= 15 is 0 Å². The smallest absolute Gasteiger partial charge is 0.407 e. The number of hydrogen-bond donors (Lipinski definition) is 1. The van der Waals surface area contributed by atoms with Crippen LogP contribution in [-0.2, 0) is 9.53 Å². The lowest BCUT2D eigenvalue weighted by Crippen LogP contribution is -2.41. The van der Waals surface area contributed by atoms with Gasteiger partial charge in [0, 0.05) is 19.2 Å². The second-order valence-electron chi connectivity index (χ2n) is 3.43. The molecule has 1 amide bonds. The summed E-state index contributed by atoms with van der Waals surface area (Å²) in [5, 5.41) is 2.47. The highest BCUT2D eigenvalue weighted by Crippen LogP contribution is 2.01. The third-order valence-corrected chi connectivity index (χ3v) is 2.17. The van der Waals surface area contributed by atoms with Crippen LogP contribution in [0.25, 0.3) is 0 Å². The molecule has 0 radical (unpaired) electrons. The number of ether oxygens (including phenoxy) is 1. The van der Waals surface area contributed by atoms with Crippen LogP contribution in [0, 0.1) is 0 Å². The summed E-state index contributed by atoms with van der Waals surface area (Å²) in [5.41, 5.74) is 0.798. The number of rotatable bonds is 6. The van der Waals surface area contributed by atoms with Crippen LogP contribution in [0.5, 0.6) is 0 Å². The Bertz CT molecular complexity index is 324. The second-order valence-corrected chi connectivity index (χ2v) is 3.43. The van der Waals surface area contributed by atoms with Crippen LogP contribution in [0.1, 0.15) is 26.7 Å². The number of carbonyl (C=O) groups excluding carboxylic acids is 2. The van der Waals surface area contributed by atoms with Crippen molar-refractivity contribution in [1.82, 2.24) is 5.32 Å². The van der Waals surface area contributed by atoms with E-state index in [1.165, 1.54) is 20.4 Å². The molecule has 96 valence electrons. The standard InChI is InChI=1S/C11H19N3O3/c1-5-9(13-7-12-3)6-10(8(2)15)14-11(16)17-4/h7,10H,5-6H2,1-4H3,(H,14,16)/t10-/m0/s1. The lowest BCUT2D eigenvalue weighted by molar-refractivity contribution is -0.118. The Kier molecular flexibility index (Phi) is 7.58. The second kappa shape index (κ2) is 8.43. The molecule has 1 atom stereocenters. The summed E-state index contributed by atoms with van der Waals surface area (Å²) in [7, 11) is 2.87. The zero-order valence-electron chi connectivity index (χ0n) is 10.7. The summed E-state index contributed by atoms with van der Waals surface area (Å²) in [6, 6.07) is -0.605. The Morgan fingerprint density at radius 1 is 1.47 bits per heavy atom. The van der Waals surface area contributed by atoms with Crippen molar-refractivity contribution in [3.8, 4) is 0 Å². The van der Waals surface area contributed by atoms with Gasteiger partial charge in [0.05, 0.1) is 13.2 Å². The zero-order chi connectivity index (χ0) is 13.3. The first-order chi connectivity index (χ1) is 8.04. The van der Waals surface area contributed by atoms with Crippen molar-refractivity contribution >= 4 is 23.9 Å². The van der Waals surface area contributed by atoms with E-state index in [-0.39, 0.29) is 5.78 Å². The van der Waals surface area contributed by atoms with Gasteiger partial charge in [-0.1, -0.05) is 6.92 Å². The van der Waals surface area contributed by atoms with E-state index in [0.29, 0.717) is 12.8 Å². The molecule has 0 saturated carbocycles. The Morgan fingerprint density at radius 3 is 2.53 bits per heavy atom. The highest BCUT2D eigenvalue weighted by molar-refractivity contribution is 5.96. The fourth-order valence-corrected chi connectivity index (χ4v) is 1.16. The van der Waals surface area contributed by atoms with Crippen molar-refractivity contribution in [2.45, 2.75) is 32.7 Å². The molecule has 1 N–H and O–H groups in total. The number of alkyl carbamates (subject to hydrolysis) is 1. The maximum atomic E-state index is 11.4. The predicted octanol–water partition coefficient (Wildman–Crippen LogP) is 1.20. The van der Waals surface area contributed by atoms with Crippen molar-refractivity contribution in [3.05, 3.63) is 0 Å². The van der Waals surface area contributed by atoms with Gasteiger partial charge in [0.2, 0.25) is 0 Å². The Balaban J connectivity index is 4.62. The van der Waals surface area contributed by atoms with E-state index in [2.05, 4.69) is 20.0 Å². The SMILES string of the molecule is CCC(C[C@H](NC(=O)OC)C(C)=O)=NC=NC. The minimum absolute atomic E-state index is 0.134. The minimum atomic E-state index is -0.621. The quantitative estimate of drug-likeness (QED) is 0.560. The van der Waals surface area contributed by atoms with E-state index in [4.69, 9.17) is 0 Å². The molecule has 0 unspecified atom stereocenters. The number of carbonyl (C=O) groups is 2. The molecule has 0 aromatic rings. The number of aliphatic imine (C=N–C) groups is 2. The van der Waals surface area contributed by atoms with E-state index < -0.39 is 12.1 Å². The van der Waals surface area contributed by atoms with Crippen LogP contribution >= 0.6 is 0 Å². The molecule has 0 aliphatic carbocycles. The first-order valence-corrected chi connectivity index (χ1v) is 5.36. The van der Waals surface area contributed by atoms with Crippen LogP contribution in [0.15, 0.2) is 9.98 Å². The number of amides is 1. The highest BCUT2D eigenvalue weighted by atomic mass is 16.5. The van der Waals surface area contributed by atoms with Gasteiger partial charge in [-0.2, -0.15) is 0 Å². The van der Waals surface area contributed by atoms with Crippen LogP contribution in [0.2, 0.25) is 0 Å². The van der Waals surface area contributed by atoms with Gasteiger partial charge in [-0.15, -0.1) is 0 Å². The molecule has 0 aliphatic rings. The Labute approximate surface area is 101 Å². The number of ketones is 1. The molecule has 0 saturated heterocycles. The molecule has 6 nitrogen and oxygen atoms in total. The molecular formula is C11H19N3O3. The van der Waals surface area contributed by atoms with E-state index in [1.807, 2.05) is 6.92 Å². The summed E-state index contributed by atoms with van der Waals surface area (Å²) in [4.78, 5) is 30.3. The number of hydrogen-bond acceptors (Lipinski definition) is 4. The number of nitrogens with one attached hydrogen (secondary N) is 1. The summed E-state index contributed by atoms with van der Waals surface area (Å²) in [5.74, 6) is -0.134. The molecule has 0 fully saturated rings. The normalized spacial score (nSPS) is 13.5. The topological polar surface area (TPSA) is 80.1 Å². The monoisotopic (exact) mass is 241 g/mol. The van der Waals surface area contributed by atoms with Crippen LogP contribution in [0.4, 0.5) is 4.79 Å². The number of methoxy groups -OCH3 is 1. The number of nitrogens with zero attached hydrogens (tertiary/aromatic N) is 2. The van der Waals surface area contributed by atoms with Crippen molar-refractivity contribution in [3.63, 3.8) is 0 Å². The van der Waals surface area contributed by atoms with Crippen molar-refractivity contribution in [1.29, 1.82) is 0 Å². The fourth-order valence-electron chi connectivity index (χ4n) is 1.16. The van der Waals surface area contributed by atoms with Gasteiger partial charge in [0.15, 0.2) is 5.78 Å². The predicted molar refractivity (Wildman–Crippen MR) is 66.8 cm³/mol. The summed E-state index contributed by atoms with van der Waals surface area (Å²) in [6.45, 7) is 3.35. The summed E-state index contributed by atoms with van der Waals surface area (Å²) >= 11 is 0. The van der Waals surface area contributed by atoms with E-state index in [9.17, 15) is 9.59 Å². The summed E-state index contributed by atoms with van der Waals surface area (Å²) in [6.07, 6.45) is 1.87. The third-order valence-electron chi connectivity index (χ3n) is 2.17. The van der Waals surface area contributed by atoms with Crippen molar-refractivity contribution in [2.24, 2.45) is 9.98 Å². The van der Waals surface area contributed by atoms with Crippen LogP contribution in [-0.4, -0.2) is 44.1 Å². The third kappa shape index (κ3) is 6.44. The van der Waals surface area contributed by atoms with Gasteiger partial charge < -0.3 is 10.1 Å². The average Bonchev–Trinajstić information content (AvgIpc) is 2.32. The van der Waals surface area contributed by atoms with Crippen LogP contribution < -0.4 is 5.32 Å². The van der Waals surface area contributed by atoms with Gasteiger partial charge >= 0.3 is 6.09 Å². The maximum Gasteiger partial charge on any atom is 0.407 e. The molecule has 17 heavy (non-hydrogen) atoms. The molecule has 0 heterocycles. The van der Waals surface area contributed by atoms with Gasteiger partial charge in [-0.05, 0) is 13.3 Å². The first kappa shape index (κ1) is 15.3. The molecule has 0 spiro atoms. The number of Topliss-reactive ketones (excluding diaryl/α,β-unsaturated/α-hetero) is 1. The van der Waals surface area contributed by atoms with Crippen LogP contribution in [0.3, 0.4) is 0 Å². The Hall–Kier alpha value is -1.72. The van der Waals surface area contributed by atoms with E-state index in [1.54, 1.807) is 7.05 Å².